The maximum Gasteiger partial charge on any atom is 0.573 e. The molecule has 2 aromatic rings. The van der Waals surface area contributed by atoms with Crippen molar-refractivity contribution in [2.75, 3.05) is 24.7 Å². The highest BCUT2D eigenvalue weighted by atomic mass is 32.2. The Labute approximate surface area is 160 Å². The SMILES string of the molecule is Cc1ccc(S(=O)(=O)N(C)C)cc1NC(=O)Nc1ccc(OC(F)(F)F)cc1. The van der Waals surface area contributed by atoms with Crippen LogP contribution in [0.3, 0.4) is 0 Å². The molecule has 0 aliphatic carbocycles. The predicted molar refractivity (Wildman–Crippen MR) is 97.8 cm³/mol. The smallest absolute Gasteiger partial charge is 0.406 e. The molecule has 0 atom stereocenters. The average molecular weight is 417 g/mol. The number of nitrogens with one attached hydrogen (secondary N) is 2. The van der Waals surface area contributed by atoms with Gasteiger partial charge >= 0.3 is 12.4 Å². The van der Waals surface area contributed by atoms with Crippen LogP contribution in [-0.2, 0) is 10.0 Å². The first-order valence-corrected chi connectivity index (χ1v) is 9.29. The minimum atomic E-state index is -4.80. The highest BCUT2D eigenvalue weighted by Crippen LogP contribution is 2.25. The van der Waals surface area contributed by atoms with Crippen molar-refractivity contribution in [2.24, 2.45) is 0 Å². The highest BCUT2D eigenvalue weighted by molar-refractivity contribution is 7.89. The lowest BCUT2D eigenvalue weighted by molar-refractivity contribution is -0.274. The number of halogens is 3. The van der Waals surface area contributed by atoms with E-state index in [-0.39, 0.29) is 16.3 Å². The third kappa shape index (κ3) is 5.60. The van der Waals surface area contributed by atoms with Gasteiger partial charge in [0, 0.05) is 25.5 Å². The van der Waals surface area contributed by atoms with Crippen LogP contribution in [0.1, 0.15) is 5.56 Å². The predicted octanol–water partition coefficient (Wildman–Crippen LogP) is 3.79. The molecule has 7 nitrogen and oxygen atoms in total. The summed E-state index contributed by atoms with van der Waals surface area (Å²) in [6, 6.07) is 8.19. The number of carbonyl (C=O) groups excluding carboxylic acids is 1. The number of anilines is 2. The molecule has 0 radical (unpaired) electrons. The fraction of sp³-hybridized carbons (Fsp3) is 0.235. The van der Waals surface area contributed by atoms with Crippen molar-refractivity contribution in [3.05, 3.63) is 48.0 Å². The number of rotatable bonds is 5. The van der Waals surface area contributed by atoms with Gasteiger partial charge in [0.2, 0.25) is 10.0 Å². The number of amides is 2. The Hall–Kier alpha value is -2.79. The molecular weight excluding hydrogens is 399 g/mol. The zero-order valence-electron chi connectivity index (χ0n) is 15.2. The molecule has 0 aliphatic rings. The number of nitrogens with zero attached hydrogens (tertiary/aromatic N) is 1. The Balaban J connectivity index is 2.11. The molecule has 0 unspecified atom stereocenters. The van der Waals surface area contributed by atoms with Crippen molar-refractivity contribution in [3.63, 3.8) is 0 Å². The van der Waals surface area contributed by atoms with Crippen LogP contribution < -0.4 is 15.4 Å². The van der Waals surface area contributed by atoms with Crippen LogP contribution in [0.4, 0.5) is 29.3 Å². The van der Waals surface area contributed by atoms with Crippen LogP contribution in [-0.4, -0.2) is 39.2 Å². The van der Waals surface area contributed by atoms with E-state index in [1.807, 2.05) is 0 Å². The fourth-order valence-corrected chi connectivity index (χ4v) is 3.06. The van der Waals surface area contributed by atoms with Crippen LogP contribution in [0.2, 0.25) is 0 Å². The Bertz CT molecular complexity index is 959. The Kier molecular flexibility index (Phi) is 6.20. The van der Waals surface area contributed by atoms with Crippen molar-refractivity contribution in [1.82, 2.24) is 4.31 Å². The maximum atomic E-state index is 12.2. The highest BCUT2D eigenvalue weighted by Gasteiger charge is 2.31. The molecular formula is C17H18F3N3O4S. The average Bonchev–Trinajstić information content (AvgIpc) is 2.57. The fourth-order valence-electron chi connectivity index (χ4n) is 2.13. The van der Waals surface area contributed by atoms with E-state index >= 15 is 0 Å². The molecule has 0 aromatic heterocycles. The van der Waals surface area contributed by atoms with E-state index in [0.29, 0.717) is 5.56 Å². The van der Waals surface area contributed by atoms with E-state index in [2.05, 4.69) is 15.4 Å². The Morgan fingerprint density at radius 2 is 1.64 bits per heavy atom. The topological polar surface area (TPSA) is 87.7 Å². The molecule has 2 rings (SSSR count). The van der Waals surface area contributed by atoms with Crippen molar-refractivity contribution in [1.29, 1.82) is 0 Å². The van der Waals surface area contributed by atoms with Crippen LogP contribution in [0.5, 0.6) is 5.75 Å². The summed E-state index contributed by atoms with van der Waals surface area (Å²) in [5, 5.41) is 4.96. The van der Waals surface area contributed by atoms with Crippen LogP contribution in [0.15, 0.2) is 47.4 Å². The second-order valence-electron chi connectivity index (χ2n) is 5.92. The minimum absolute atomic E-state index is 0.00653. The quantitative estimate of drug-likeness (QED) is 0.775. The number of hydrogen-bond donors (Lipinski definition) is 2. The van der Waals surface area contributed by atoms with Crippen LogP contribution >= 0.6 is 0 Å². The van der Waals surface area contributed by atoms with Gasteiger partial charge in [0.25, 0.3) is 0 Å². The molecule has 0 fully saturated rings. The summed E-state index contributed by atoms with van der Waals surface area (Å²) >= 11 is 0. The third-order valence-corrected chi connectivity index (χ3v) is 5.39. The molecule has 0 spiro atoms. The van der Waals surface area contributed by atoms with Gasteiger partial charge in [-0.15, -0.1) is 13.2 Å². The van der Waals surface area contributed by atoms with Crippen molar-refractivity contribution >= 4 is 27.4 Å². The molecule has 0 saturated carbocycles. The monoisotopic (exact) mass is 417 g/mol. The number of benzene rings is 2. The van der Waals surface area contributed by atoms with Gasteiger partial charge in [-0.2, -0.15) is 0 Å². The molecule has 0 bridgehead atoms. The summed E-state index contributed by atoms with van der Waals surface area (Å²) < 4.78 is 65.7. The van der Waals surface area contributed by atoms with Gasteiger partial charge in [0.15, 0.2) is 0 Å². The summed E-state index contributed by atoms with van der Waals surface area (Å²) in [6.45, 7) is 1.69. The molecule has 2 N–H and O–H groups in total. The van der Waals surface area contributed by atoms with Crippen molar-refractivity contribution in [3.8, 4) is 5.75 Å². The lowest BCUT2D eigenvalue weighted by Gasteiger charge is -2.15. The summed E-state index contributed by atoms with van der Waals surface area (Å²) in [6.07, 6.45) is -4.80. The first-order valence-electron chi connectivity index (χ1n) is 7.85. The van der Waals surface area contributed by atoms with E-state index in [0.717, 1.165) is 16.4 Å². The summed E-state index contributed by atoms with van der Waals surface area (Å²) in [7, 11) is -0.895. The summed E-state index contributed by atoms with van der Waals surface area (Å²) in [5.41, 5.74) is 1.13. The van der Waals surface area contributed by atoms with Gasteiger partial charge in [0.1, 0.15) is 5.75 Å². The Morgan fingerprint density at radius 3 is 2.18 bits per heavy atom. The zero-order valence-corrected chi connectivity index (χ0v) is 16.0. The lowest BCUT2D eigenvalue weighted by atomic mass is 10.2. The summed E-state index contributed by atoms with van der Waals surface area (Å²) in [5.74, 6) is -0.420. The van der Waals surface area contributed by atoms with E-state index in [9.17, 15) is 26.4 Å². The minimum Gasteiger partial charge on any atom is -0.406 e. The molecule has 0 aliphatic heterocycles. The zero-order chi connectivity index (χ0) is 21.1. The number of alkyl halides is 3. The lowest BCUT2D eigenvalue weighted by Crippen LogP contribution is -2.23. The number of ether oxygens (including phenoxy) is 1. The van der Waals surface area contributed by atoms with Crippen molar-refractivity contribution < 1.29 is 31.1 Å². The van der Waals surface area contributed by atoms with E-state index in [1.54, 1.807) is 13.0 Å². The number of sulfonamides is 1. The standard InChI is InChI=1S/C17H18F3N3O4S/c1-11-4-9-14(28(25,26)23(2)3)10-15(11)22-16(24)21-12-5-7-13(8-6-12)27-17(18,19)20/h4-10H,1-3H3,(H2,21,22,24). The molecule has 0 heterocycles. The first-order chi connectivity index (χ1) is 12.9. The second-order valence-corrected chi connectivity index (χ2v) is 8.07. The first kappa shape index (κ1) is 21.5. The third-order valence-electron chi connectivity index (χ3n) is 3.58. The maximum absolute atomic E-state index is 12.2. The molecule has 28 heavy (non-hydrogen) atoms. The van der Waals surface area contributed by atoms with E-state index in [1.165, 1.54) is 38.4 Å². The number of aryl methyl sites for hydroxylation is 1. The summed E-state index contributed by atoms with van der Waals surface area (Å²) in [4.78, 5) is 12.2. The van der Waals surface area contributed by atoms with Crippen LogP contribution in [0, 0.1) is 6.92 Å². The van der Waals surface area contributed by atoms with Crippen LogP contribution in [0.25, 0.3) is 0 Å². The van der Waals surface area contributed by atoms with Gasteiger partial charge in [-0.05, 0) is 48.9 Å². The number of hydrogen-bond acceptors (Lipinski definition) is 4. The van der Waals surface area contributed by atoms with Crippen molar-refractivity contribution in [2.45, 2.75) is 18.2 Å². The molecule has 152 valence electrons. The molecule has 2 amide bonds. The second kappa shape index (κ2) is 8.07. The van der Waals surface area contributed by atoms with Gasteiger partial charge in [-0.3, -0.25) is 0 Å². The van der Waals surface area contributed by atoms with E-state index < -0.39 is 28.2 Å². The normalized spacial score (nSPS) is 12.0. The largest absolute Gasteiger partial charge is 0.573 e. The Morgan fingerprint density at radius 1 is 1.04 bits per heavy atom. The molecule has 0 saturated heterocycles. The van der Waals surface area contributed by atoms with E-state index in [4.69, 9.17) is 0 Å². The number of carbonyl (C=O) groups is 1. The van der Waals surface area contributed by atoms with Gasteiger partial charge in [-0.1, -0.05) is 6.07 Å². The molecule has 2 aromatic carbocycles. The van der Waals surface area contributed by atoms with Gasteiger partial charge in [0.05, 0.1) is 4.90 Å². The number of urea groups is 1. The molecule has 11 heteroatoms. The van der Waals surface area contributed by atoms with Gasteiger partial charge in [-0.25, -0.2) is 17.5 Å². The van der Waals surface area contributed by atoms with Gasteiger partial charge < -0.3 is 15.4 Å².